The van der Waals surface area contributed by atoms with Gasteiger partial charge in [0.05, 0.1) is 19.8 Å². The Balaban J connectivity index is 3.12. The maximum absolute atomic E-state index is 11.2. The van der Waals surface area contributed by atoms with Crippen molar-refractivity contribution >= 4 is 6.03 Å². The van der Waals surface area contributed by atoms with Crippen LogP contribution < -0.4 is 10.6 Å². The molecule has 0 aliphatic carbocycles. The van der Waals surface area contributed by atoms with E-state index >= 15 is 0 Å². The number of carbonyl (C=O) groups excluding carboxylic acids is 1. The SMILES string of the molecule is CCCCCCNC(=O)NCCOCCO. The highest BCUT2D eigenvalue weighted by molar-refractivity contribution is 5.73. The van der Waals surface area contributed by atoms with Crippen LogP contribution in [0.15, 0.2) is 0 Å². The van der Waals surface area contributed by atoms with Gasteiger partial charge in [0, 0.05) is 13.1 Å². The molecule has 3 N–H and O–H groups in total. The molecule has 0 rings (SSSR count). The predicted molar refractivity (Wildman–Crippen MR) is 63.4 cm³/mol. The van der Waals surface area contributed by atoms with E-state index in [2.05, 4.69) is 17.6 Å². The number of ether oxygens (including phenoxy) is 1. The Morgan fingerprint density at radius 2 is 1.88 bits per heavy atom. The van der Waals surface area contributed by atoms with E-state index in [0.717, 1.165) is 19.4 Å². The molecule has 5 nitrogen and oxygen atoms in total. The molecule has 0 atom stereocenters. The fourth-order valence-electron chi connectivity index (χ4n) is 1.22. The summed E-state index contributed by atoms with van der Waals surface area (Å²) in [5.74, 6) is 0. The van der Waals surface area contributed by atoms with Crippen LogP contribution in [0.2, 0.25) is 0 Å². The summed E-state index contributed by atoms with van der Waals surface area (Å²) in [5, 5.41) is 13.9. The third-order valence-electron chi connectivity index (χ3n) is 2.08. The molecule has 0 fully saturated rings. The molecular weight excluding hydrogens is 208 g/mol. The molecular formula is C11H24N2O3. The first-order valence-electron chi connectivity index (χ1n) is 6.01. The quantitative estimate of drug-likeness (QED) is 0.490. The van der Waals surface area contributed by atoms with Gasteiger partial charge in [0.2, 0.25) is 0 Å². The fraction of sp³-hybridized carbons (Fsp3) is 0.909. The van der Waals surface area contributed by atoms with E-state index in [1.165, 1.54) is 12.8 Å². The first-order chi connectivity index (χ1) is 7.81. The van der Waals surface area contributed by atoms with E-state index in [1.54, 1.807) is 0 Å². The summed E-state index contributed by atoms with van der Waals surface area (Å²) in [5.41, 5.74) is 0. The van der Waals surface area contributed by atoms with Crippen molar-refractivity contribution in [3.63, 3.8) is 0 Å². The highest BCUT2D eigenvalue weighted by Crippen LogP contribution is 1.96. The first kappa shape index (κ1) is 15.2. The van der Waals surface area contributed by atoms with Crippen molar-refractivity contribution in [2.24, 2.45) is 0 Å². The number of amides is 2. The summed E-state index contributed by atoms with van der Waals surface area (Å²) < 4.78 is 5.00. The lowest BCUT2D eigenvalue weighted by Gasteiger charge is -2.07. The van der Waals surface area contributed by atoms with E-state index in [0.29, 0.717) is 19.8 Å². The van der Waals surface area contributed by atoms with Crippen LogP contribution >= 0.6 is 0 Å². The molecule has 0 bridgehead atoms. The molecule has 16 heavy (non-hydrogen) atoms. The minimum Gasteiger partial charge on any atom is -0.394 e. The van der Waals surface area contributed by atoms with E-state index < -0.39 is 0 Å². The number of aliphatic hydroxyl groups excluding tert-OH is 1. The normalized spacial score (nSPS) is 10.1. The second-order valence-electron chi connectivity index (χ2n) is 3.58. The van der Waals surface area contributed by atoms with E-state index in [9.17, 15) is 4.79 Å². The molecule has 0 saturated heterocycles. The van der Waals surface area contributed by atoms with Gasteiger partial charge in [0.25, 0.3) is 0 Å². The molecule has 0 aromatic rings. The van der Waals surface area contributed by atoms with Crippen LogP contribution in [0.1, 0.15) is 32.6 Å². The lowest BCUT2D eigenvalue weighted by molar-refractivity contribution is 0.0947. The molecule has 0 spiro atoms. The van der Waals surface area contributed by atoms with Gasteiger partial charge in [-0.05, 0) is 6.42 Å². The van der Waals surface area contributed by atoms with Gasteiger partial charge in [0.15, 0.2) is 0 Å². The maximum Gasteiger partial charge on any atom is 0.314 e. The Hall–Kier alpha value is -0.810. The average Bonchev–Trinajstić information content (AvgIpc) is 2.28. The third-order valence-corrected chi connectivity index (χ3v) is 2.08. The lowest BCUT2D eigenvalue weighted by Crippen LogP contribution is -2.37. The smallest absolute Gasteiger partial charge is 0.314 e. The third kappa shape index (κ3) is 11.3. The highest BCUT2D eigenvalue weighted by Gasteiger charge is 1.97. The number of aliphatic hydroxyl groups is 1. The Morgan fingerprint density at radius 1 is 1.12 bits per heavy atom. The van der Waals surface area contributed by atoms with Crippen molar-refractivity contribution in [2.45, 2.75) is 32.6 Å². The molecule has 0 saturated carbocycles. The Morgan fingerprint density at radius 3 is 2.56 bits per heavy atom. The molecule has 0 aliphatic heterocycles. The predicted octanol–water partition coefficient (Wildman–Crippen LogP) is 0.875. The zero-order chi connectivity index (χ0) is 12.1. The van der Waals surface area contributed by atoms with Gasteiger partial charge in [-0.2, -0.15) is 0 Å². The number of urea groups is 1. The summed E-state index contributed by atoms with van der Waals surface area (Å²) in [6, 6.07) is -0.149. The van der Waals surface area contributed by atoms with E-state index in [-0.39, 0.29) is 12.6 Å². The van der Waals surface area contributed by atoms with Crippen molar-refractivity contribution in [1.82, 2.24) is 10.6 Å². The number of carbonyl (C=O) groups is 1. The van der Waals surface area contributed by atoms with Gasteiger partial charge in [-0.1, -0.05) is 26.2 Å². The molecule has 0 aromatic carbocycles. The highest BCUT2D eigenvalue weighted by atomic mass is 16.5. The lowest BCUT2D eigenvalue weighted by atomic mass is 10.2. The zero-order valence-corrected chi connectivity index (χ0v) is 10.1. The number of unbranched alkanes of at least 4 members (excludes halogenated alkanes) is 3. The van der Waals surface area contributed by atoms with Crippen molar-refractivity contribution in [3.05, 3.63) is 0 Å². The molecule has 0 heterocycles. The topological polar surface area (TPSA) is 70.6 Å². The molecule has 96 valence electrons. The molecule has 2 amide bonds. The molecule has 0 radical (unpaired) electrons. The van der Waals surface area contributed by atoms with Crippen LogP contribution in [-0.4, -0.2) is 44.0 Å². The first-order valence-corrected chi connectivity index (χ1v) is 6.01. The number of hydrogen-bond acceptors (Lipinski definition) is 3. The molecule has 0 aromatic heterocycles. The molecule has 0 unspecified atom stereocenters. The Kier molecular flexibility index (Phi) is 11.6. The maximum atomic E-state index is 11.2. The van der Waals surface area contributed by atoms with Crippen LogP contribution in [-0.2, 0) is 4.74 Å². The van der Waals surface area contributed by atoms with Crippen molar-refractivity contribution in [2.75, 3.05) is 32.9 Å². The summed E-state index contributed by atoms with van der Waals surface area (Å²) in [6.45, 7) is 4.13. The van der Waals surface area contributed by atoms with Gasteiger partial charge in [0.1, 0.15) is 0 Å². The van der Waals surface area contributed by atoms with Gasteiger partial charge >= 0.3 is 6.03 Å². The van der Waals surface area contributed by atoms with Crippen LogP contribution in [0.5, 0.6) is 0 Å². The second kappa shape index (κ2) is 12.3. The number of rotatable bonds is 10. The van der Waals surface area contributed by atoms with Crippen LogP contribution in [0.4, 0.5) is 4.79 Å². The van der Waals surface area contributed by atoms with Gasteiger partial charge in [-0.3, -0.25) is 0 Å². The minimum atomic E-state index is -0.149. The number of nitrogens with one attached hydrogen (secondary N) is 2. The number of hydrogen-bond donors (Lipinski definition) is 3. The summed E-state index contributed by atoms with van der Waals surface area (Å²) in [6.07, 6.45) is 4.62. The summed E-state index contributed by atoms with van der Waals surface area (Å²) >= 11 is 0. The van der Waals surface area contributed by atoms with Gasteiger partial charge in [-0.25, -0.2) is 4.79 Å². The monoisotopic (exact) mass is 232 g/mol. The minimum absolute atomic E-state index is 0.0175. The Bertz CT molecular complexity index is 149. The van der Waals surface area contributed by atoms with Crippen molar-refractivity contribution in [3.8, 4) is 0 Å². The summed E-state index contributed by atoms with van der Waals surface area (Å²) in [7, 11) is 0. The van der Waals surface area contributed by atoms with E-state index in [4.69, 9.17) is 9.84 Å². The van der Waals surface area contributed by atoms with Crippen molar-refractivity contribution < 1.29 is 14.6 Å². The van der Waals surface area contributed by atoms with Crippen LogP contribution in [0, 0.1) is 0 Å². The average molecular weight is 232 g/mol. The van der Waals surface area contributed by atoms with Gasteiger partial charge in [-0.15, -0.1) is 0 Å². The molecule has 0 aliphatic rings. The van der Waals surface area contributed by atoms with E-state index in [1.807, 2.05) is 0 Å². The van der Waals surface area contributed by atoms with Crippen LogP contribution in [0.25, 0.3) is 0 Å². The largest absolute Gasteiger partial charge is 0.394 e. The Labute approximate surface area is 97.6 Å². The van der Waals surface area contributed by atoms with Gasteiger partial charge < -0.3 is 20.5 Å². The fourth-order valence-corrected chi connectivity index (χ4v) is 1.22. The van der Waals surface area contributed by atoms with Crippen LogP contribution in [0.3, 0.4) is 0 Å². The standard InChI is InChI=1S/C11H24N2O3/c1-2-3-4-5-6-12-11(15)13-7-9-16-10-8-14/h14H,2-10H2,1H3,(H2,12,13,15). The second-order valence-corrected chi connectivity index (χ2v) is 3.58. The van der Waals surface area contributed by atoms with Crippen molar-refractivity contribution in [1.29, 1.82) is 0 Å². The summed E-state index contributed by atoms with van der Waals surface area (Å²) in [4.78, 5) is 11.2. The molecule has 5 heteroatoms. The zero-order valence-electron chi connectivity index (χ0n) is 10.1.